The molecule has 2 aromatic carbocycles. The maximum Gasteiger partial charge on any atom is 0.310 e. The minimum Gasteiger partial charge on any atom is -0.455 e. The predicted molar refractivity (Wildman–Crippen MR) is 108 cm³/mol. The van der Waals surface area contributed by atoms with E-state index in [0.29, 0.717) is 5.69 Å². The van der Waals surface area contributed by atoms with Crippen LogP contribution in [0.5, 0.6) is 0 Å². The van der Waals surface area contributed by atoms with Gasteiger partial charge in [-0.05, 0) is 42.2 Å². The third-order valence-corrected chi connectivity index (χ3v) is 5.21. The molecule has 7 heteroatoms. The lowest BCUT2D eigenvalue weighted by atomic mass is 10.1. The summed E-state index contributed by atoms with van der Waals surface area (Å²) in [5, 5.41) is 2.52. The molecule has 2 rings (SSSR count). The monoisotopic (exact) mass is 403 g/mol. The molecule has 150 valence electrons. The van der Waals surface area contributed by atoms with Gasteiger partial charge in [-0.1, -0.05) is 43.7 Å². The number of amides is 1. The maximum atomic E-state index is 11.9. The Morgan fingerprint density at radius 3 is 2.36 bits per heavy atom. The Hall–Kier alpha value is -2.67. The summed E-state index contributed by atoms with van der Waals surface area (Å²) in [7, 11) is -3.37. The van der Waals surface area contributed by atoms with Crippen LogP contribution in [0, 0.1) is 0 Å². The van der Waals surface area contributed by atoms with Gasteiger partial charge < -0.3 is 10.1 Å². The van der Waals surface area contributed by atoms with Crippen LogP contribution >= 0.6 is 0 Å². The van der Waals surface area contributed by atoms with Crippen LogP contribution in [0.3, 0.4) is 0 Å². The molecule has 0 aliphatic heterocycles. The Morgan fingerprint density at radius 1 is 1.04 bits per heavy atom. The molecular formula is C21H25NO5S. The Kier molecular flexibility index (Phi) is 7.75. The average molecular weight is 404 g/mol. The summed E-state index contributed by atoms with van der Waals surface area (Å²) in [6.45, 7) is 1.71. The highest BCUT2D eigenvalue weighted by Gasteiger charge is 2.11. The minimum atomic E-state index is -3.37. The Labute approximate surface area is 165 Å². The zero-order valence-corrected chi connectivity index (χ0v) is 16.9. The van der Waals surface area contributed by atoms with Gasteiger partial charge in [-0.25, -0.2) is 8.42 Å². The number of carbonyl (C=O) groups is 2. The molecule has 0 atom stereocenters. The summed E-state index contributed by atoms with van der Waals surface area (Å²) in [5.41, 5.74) is 2.38. The van der Waals surface area contributed by atoms with E-state index in [9.17, 15) is 18.0 Å². The van der Waals surface area contributed by atoms with Crippen LogP contribution in [0.25, 0.3) is 0 Å². The van der Waals surface area contributed by atoms with Gasteiger partial charge in [-0.3, -0.25) is 9.59 Å². The first-order valence-electron chi connectivity index (χ1n) is 9.11. The summed E-state index contributed by atoms with van der Waals surface area (Å²) in [6.07, 6.45) is 4.46. The van der Waals surface area contributed by atoms with Crippen LogP contribution in [0.1, 0.15) is 30.9 Å². The van der Waals surface area contributed by atoms with E-state index in [1.54, 1.807) is 6.07 Å². The van der Waals surface area contributed by atoms with Crippen molar-refractivity contribution in [3.05, 3.63) is 59.7 Å². The van der Waals surface area contributed by atoms with E-state index in [-0.39, 0.29) is 11.3 Å². The molecule has 0 aliphatic rings. The highest BCUT2D eigenvalue weighted by Crippen LogP contribution is 2.15. The molecule has 6 nitrogen and oxygen atoms in total. The van der Waals surface area contributed by atoms with Crippen LogP contribution in [-0.4, -0.2) is 33.2 Å². The highest BCUT2D eigenvalue weighted by molar-refractivity contribution is 7.90. The Morgan fingerprint density at radius 2 is 1.71 bits per heavy atom. The molecule has 0 unspecified atom stereocenters. The summed E-state index contributed by atoms with van der Waals surface area (Å²) < 4.78 is 28.1. The second kappa shape index (κ2) is 10.0. The van der Waals surface area contributed by atoms with Gasteiger partial charge in [0, 0.05) is 11.9 Å². The number of ether oxygens (including phenoxy) is 1. The lowest BCUT2D eigenvalue weighted by Crippen LogP contribution is -2.21. The van der Waals surface area contributed by atoms with Gasteiger partial charge in [0.15, 0.2) is 16.4 Å². The molecule has 0 bridgehead atoms. The molecule has 0 fully saturated rings. The third kappa shape index (κ3) is 7.15. The van der Waals surface area contributed by atoms with Crippen LogP contribution in [0.15, 0.2) is 53.4 Å². The fourth-order valence-electron chi connectivity index (χ4n) is 2.57. The molecule has 0 aliphatic carbocycles. The zero-order valence-electron chi connectivity index (χ0n) is 16.1. The molecule has 28 heavy (non-hydrogen) atoms. The van der Waals surface area contributed by atoms with Crippen LogP contribution in [0.2, 0.25) is 0 Å². The molecule has 1 N–H and O–H groups in total. The van der Waals surface area contributed by atoms with E-state index in [1.165, 1.54) is 23.8 Å². The van der Waals surface area contributed by atoms with Crippen molar-refractivity contribution in [2.75, 3.05) is 18.2 Å². The second-order valence-electron chi connectivity index (χ2n) is 6.61. The van der Waals surface area contributed by atoms with Gasteiger partial charge in [-0.15, -0.1) is 0 Å². The molecule has 0 saturated carbocycles. The Bertz CT molecular complexity index is 920. The standard InChI is InChI=1S/C21H25NO5S/c1-3-4-6-16-9-11-17(12-10-16)13-21(24)27-15-20(23)22-18-7-5-8-19(14-18)28(2,25)26/h5,7-12,14H,3-4,6,13,15H2,1-2H3,(H,22,23). The first-order valence-corrected chi connectivity index (χ1v) is 11.0. The van der Waals surface area contributed by atoms with E-state index < -0.39 is 28.3 Å². The number of esters is 1. The zero-order chi connectivity index (χ0) is 20.6. The fraction of sp³-hybridized carbons (Fsp3) is 0.333. The number of unbranched alkanes of at least 4 members (excludes halogenated alkanes) is 1. The number of hydrogen-bond donors (Lipinski definition) is 1. The molecule has 0 aromatic heterocycles. The molecular weight excluding hydrogens is 378 g/mol. The quantitative estimate of drug-likeness (QED) is 0.650. The lowest BCUT2D eigenvalue weighted by Gasteiger charge is -2.08. The van der Waals surface area contributed by atoms with Crippen molar-refractivity contribution in [2.45, 2.75) is 37.5 Å². The molecule has 2 aromatic rings. The number of rotatable bonds is 9. The fourth-order valence-corrected chi connectivity index (χ4v) is 3.24. The average Bonchev–Trinajstić information content (AvgIpc) is 2.65. The summed E-state index contributed by atoms with van der Waals surface area (Å²) in [6, 6.07) is 13.7. The first kappa shape index (κ1) is 21.6. The predicted octanol–water partition coefficient (Wildman–Crippen LogP) is 3.16. The molecule has 0 saturated heterocycles. The van der Waals surface area contributed by atoms with Gasteiger partial charge in [-0.2, -0.15) is 0 Å². The summed E-state index contributed by atoms with van der Waals surface area (Å²) in [4.78, 5) is 24.0. The summed E-state index contributed by atoms with van der Waals surface area (Å²) in [5.74, 6) is -1.03. The number of hydrogen-bond acceptors (Lipinski definition) is 5. The smallest absolute Gasteiger partial charge is 0.310 e. The number of aryl methyl sites for hydroxylation is 1. The van der Waals surface area contributed by atoms with Crippen molar-refractivity contribution in [3.8, 4) is 0 Å². The number of benzene rings is 2. The van der Waals surface area contributed by atoms with Gasteiger partial charge in [0.25, 0.3) is 5.91 Å². The van der Waals surface area contributed by atoms with E-state index in [1.807, 2.05) is 24.3 Å². The normalized spacial score (nSPS) is 11.1. The Balaban J connectivity index is 1.81. The number of carbonyl (C=O) groups excluding carboxylic acids is 2. The van der Waals surface area contributed by atoms with Crippen molar-refractivity contribution in [3.63, 3.8) is 0 Å². The number of nitrogens with one attached hydrogen (secondary N) is 1. The van der Waals surface area contributed by atoms with Gasteiger partial charge in [0.2, 0.25) is 0 Å². The molecule has 0 heterocycles. The lowest BCUT2D eigenvalue weighted by molar-refractivity contribution is -0.146. The van der Waals surface area contributed by atoms with Crippen LogP contribution in [-0.2, 0) is 37.0 Å². The van der Waals surface area contributed by atoms with Crippen LogP contribution in [0.4, 0.5) is 5.69 Å². The number of anilines is 1. The van der Waals surface area contributed by atoms with E-state index in [4.69, 9.17) is 4.74 Å². The third-order valence-electron chi connectivity index (χ3n) is 4.10. The molecule has 0 spiro atoms. The van der Waals surface area contributed by atoms with E-state index in [0.717, 1.165) is 31.1 Å². The molecule has 0 radical (unpaired) electrons. The minimum absolute atomic E-state index is 0.0882. The largest absolute Gasteiger partial charge is 0.455 e. The topological polar surface area (TPSA) is 89.5 Å². The van der Waals surface area contributed by atoms with Crippen molar-refractivity contribution in [2.24, 2.45) is 0 Å². The van der Waals surface area contributed by atoms with Crippen molar-refractivity contribution in [1.82, 2.24) is 0 Å². The van der Waals surface area contributed by atoms with Crippen molar-refractivity contribution >= 4 is 27.4 Å². The van der Waals surface area contributed by atoms with Crippen molar-refractivity contribution in [1.29, 1.82) is 0 Å². The number of sulfone groups is 1. The summed E-state index contributed by atoms with van der Waals surface area (Å²) >= 11 is 0. The van der Waals surface area contributed by atoms with Gasteiger partial charge in [0.05, 0.1) is 11.3 Å². The van der Waals surface area contributed by atoms with Crippen LogP contribution < -0.4 is 5.32 Å². The highest BCUT2D eigenvalue weighted by atomic mass is 32.2. The first-order chi connectivity index (χ1) is 13.3. The van der Waals surface area contributed by atoms with E-state index >= 15 is 0 Å². The van der Waals surface area contributed by atoms with E-state index in [2.05, 4.69) is 12.2 Å². The van der Waals surface area contributed by atoms with Gasteiger partial charge in [0.1, 0.15) is 0 Å². The maximum absolute atomic E-state index is 11.9. The molecule has 1 amide bonds. The SMILES string of the molecule is CCCCc1ccc(CC(=O)OCC(=O)Nc2cccc(S(C)(=O)=O)c2)cc1. The van der Waals surface area contributed by atoms with Crippen molar-refractivity contribution < 1.29 is 22.7 Å². The van der Waals surface area contributed by atoms with Gasteiger partial charge >= 0.3 is 5.97 Å². The second-order valence-corrected chi connectivity index (χ2v) is 8.62.